The summed E-state index contributed by atoms with van der Waals surface area (Å²) in [4.78, 5) is 0. The third kappa shape index (κ3) is 2.80. The number of nitrogens with zero attached hydrogens (tertiary/aromatic N) is 1. The van der Waals surface area contributed by atoms with Crippen molar-refractivity contribution in [1.29, 1.82) is 5.26 Å². The molecule has 0 saturated heterocycles. The molecule has 0 N–H and O–H groups in total. The number of rotatable bonds is 3. The molecule has 0 fully saturated rings. The number of hydrogen-bond acceptors (Lipinski definition) is 2. The third-order valence-corrected chi connectivity index (χ3v) is 2.35. The lowest BCUT2D eigenvalue weighted by Gasteiger charge is -2.08. The van der Waals surface area contributed by atoms with E-state index in [1.807, 2.05) is 13.0 Å². The molecule has 15 heavy (non-hydrogen) atoms. The maximum atomic E-state index is 13.2. The van der Waals surface area contributed by atoms with E-state index < -0.39 is 5.82 Å². The second-order valence-electron chi connectivity index (χ2n) is 2.73. The standard InChI is InChI=1S/C11H9BrFNO/c1-2-3-6-15-11-8(7-14)10(13)5-4-9(11)12/h2-5H,6H2,1H3. The Morgan fingerprint density at radius 1 is 1.60 bits per heavy atom. The molecule has 0 radical (unpaired) electrons. The average Bonchev–Trinajstić information content (AvgIpc) is 2.23. The van der Waals surface area contributed by atoms with Gasteiger partial charge in [0, 0.05) is 0 Å². The zero-order valence-electron chi connectivity index (χ0n) is 8.13. The first-order valence-electron chi connectivity index (χ1n) is 4.32. The summed E-state index contributed by atoms with van der Waals surface area (Å²) < 4.78 is 19.1. The smallest absolute Gasteiger partial charge is 0.154 e. The van der Waals surface area contributed by atoms with Crippen LogP contribution in [0.2, 0.25) is 0 Å². The Kier molecular flexibility index (Phi) is 4.32. The van der Waals surface area contributed by atoms with E-state index in [1.165, 1.54) is 12.1 Å². The summed E-state index contributed by atoms with van der Waals surface area (Å²) in [5.41, 5.74) is -0.0751. The van der Waals surface area contributed by atoms with Gasteiger partial charge in [-0.2, -0.15) is 5.26 Å². The minimum atomic E-state index is -0.573. The van der Waals surface area contributed by atoms with Gasteiger partial charge < -0.3 is 4.74 Å². The van der Waals surface area contributed by atoms with Crippen LogP contribution in [-0.2, 0) is 0 Å². The molecule has 0 atom stereocenters. The fourth-order valence-electron chi connectivity index (χ4n) is 1.01. The van der Waals surface area contributed by atoms with Gasteiger partial charge in [-0.1, -0.05) is 12.2 Å². The first kappa shape index (κ1) is 11.7. The van der Waals surface area contributed by atoms with Crippen molar-refractivity contribution in [3.63, 3.8) is 0 Å². The molecule has 1 aromatic carbocycles. The molecule has 1 aromatic rings. The number of ether oxygens (including phenoxy) is 1. The van der Waals surface area contributed by atoms with E-state index in [4.69, 9.17) is 10.00 Å². The van der Waals surface area contributed by atoms with E-state index in [0.717, 1.165) is 0 Å². The number of nitriles is 1. The Hall–Kier alpha value is -1.34. The monoisotopic (exact) mass is 269 g/mol. The Bertz CT molecular complexity index is 423. The highest BCUT2D eigenvalue weighted by atomic mass is 79.9. The van der Waals surface area contributed by atoms with Crippen LogP contribution in [0.3, 0.4) is 0 Å². The summed E-state index contributed by atoms with van der Waals surface area (Å²) in [6.45, 7) is 2.17. The highest BCUT2D eigenvalue weighted by Gasteiger charge is 2.12. The predicted molar refractivity (Wildman–Crippen MR) is 59.1 cm³/mol. The van der Waals surface area contributed by atoms with Gasteiger partial charge in [0.2, 0.25) is 0 Å². The largest absolute Gasteiger partial charge is 0.487 e. The molecule has 1 rings (SSSR count). The summed E-state index contributed by atoms with van der Waals surface area (Å²) in [7, 11) is 0. The molecule has 0 aliphatic heterocycles. The van der Waals surface area contributed by atoms with Crippen LogP contribution in [0.4, 0.5) is 4.39 Å². The zero-order chi connectivity index (χ0) is 11.3. The lowest BCUT2D eigenvalue weighted by molar-refractivity contribution is 0.356. The molecular formula is C11H9BrFNO. The van der Waals surface area contributed by atoms with E-state index in [1.54, 1.807) is 12.1 Å². The van der Waals surface area contributed by atoms with Crippen LogP contribution >= 0.6 is 15.9 Å². The SMILES string of the molecule is CC=CCOc1c(Br)ccc(F)c1C#N. The lowest BCUT2D eigenvalue weighted by Crippen LogP contribution is -1.98. The Morgan fingerprint density at radius 3 is 2.93 bits per heavy atom. The summed E-state index contributed by atoms with van der Waals surface area (Å²) in [6, 6.07) is 4.52. The van der Waals surface area contributed by atoms with Gasteiger partial charge >= 0.3 is 0 Å². The number of benzene rings is 1. The Balaban J connectivity index is 3.04. The van der Waals surface area contributed by atoms with Gasteiger partial charge in [0.15, 0.2) is 5.75 Å². The van der Waals surface area contributed by atoms with Crippen molar-refractivity contribution < 1.29 is 9.13 Å². The Labute approximate surface area is 96.1 Å². The van der Waals surface area contributed by atoms with Crippen molar-refractivity contribution in [1.82, 2.24) is 0 Å². The van der Waals surface area contributed by atoms with Crippen LogP contribution in [0.5, 0.6) is 5.75 Å². The quantitative estimate of drug-likeness (QED) is 0.788. The van der Waals surface area contributed by atoms with Crippen molar-refractivity contribution in [2.24, 2.45) is 0 Å². The topological polar surface area (TPSA) is 33.0 Å². The lowest BCUT2D eigenvalue weighted by atomic mass is 10.2. The van der Waals surface area contributed by atoms with Gasteiger partial charge in [0.1, 0.15) is 24.1 Å². The molecule has 0 amide bonds. The van der Waals surface area contributed by atoms with Gasteiger partial charge in [0.25, 0.3) is 0 Å². The fraction of sp³-hybridized carbons (Fsp3) is 0.182. The normalized spacial score (nSPS) is 10.3. The molecule has 0 unspecified atom stereocenters. The van der Waals surface area contributed by atoms with Crippen molar-refractivity contribution in [3.8, 4) is 11.8 Å². The molecule has 78 valence electrons. The highest BCUT2D eigenvalue weighted by molar-refractivity contribution is 9.10. The second-order valence-corrected chi connectivity index (χ2v) is 3.58. The number of halogens is 2. The maximum Gasteiger partial charge on any atom is 0.154 e. The fourth-order valence-corrected chi connectivity index (χ4v) is 1.45. The van der Waals surface area contributed by atoms with Gasteiger partial charge in [-0.05, 0) is 35.0 Å². The first-order valence-corrected chi connectivity index (χ1v) is 5.12. The summed E-state index contributed by atoms with van der Waals surface area (Å²) in [6.07, 6.45) is 3.59. The van der Waals surface area contributed by atoms with Crippen LogP contribution in [-0.4, -0.2) is 6.61 Å². The molecule has 0 aromatic heterocycles. The predicted octanol–water partition coefficient (Wildman–Crippen LogP) is 3.41. The van der Waals surface area contributed by atoms with Crippen molar-refractivity contribution in [2.45, 2.75) is 6.92 Å². The van der Waals surface area contributed by atoms with Crippen molar-refractivity contribution in [3.05, 3.63) is 40.1 Å². The third-order valence-electron chi connectivity index (χ3n) is 1.73. The zero-order valence-corrected chi connectivity index (χ0v) is 9.71. The summed E-state index contributed by atoms with van der Waals surface area (Å²) in [5.74, 6) is -0.327. The van der Waals surface area contributed by atoms with Gasteiger partial charge in [-0.3, -0.25) is 0 Å². The molecule has 0 spiro atoms. The molecule has 2 nitrogen and oxygen atoms in total. The number of allylic oxidation sites excluding steroid dienone is 1. The molecule has 4 heteroatoms. The maximum absolute atomic E-state index is 13.2. The van der Waals surface area contributed by atoms with E-state index in [-0.39, 0.29) is 11.3 Å². The van der Waals surface area contributed by atoms with Crippen LogP contribution < -0.4 is 4.74 Å². The summed E-state index contributed by atoms with van der Waals surface area (Å²) in [5, 5.41) is 8.77. The van der Waals surface area contributed by atoms with Crippen LogP contribution in [0.15, 0.2) is 28.8 Å². The van der Waals surface area contributed by atoms with Gasteiger partial charge in [-0.15, -0.1) is 0 Å². The minimum absolute atomic E-state index is 0.0751. The molecule has 0 bridgehead atoms. The molecule has 0 heterocycles. The Morgan fingerprint density at radius 2 is 2.33 bits per heavy atom. The van der Waals surface area contributed by atoms with E-state index in [9.17, 15) is 4.39 Å². The van der Waals surface area contributed by atoms with Crippen LogP contribution in [0.1, 0.15) is 12.5 Å². The second kappa shape index (κ2) is 5.52. The minimum Gasteiger partial charge on any atom is -0.487 e. The van der Waals surface area contributed by atoms with Gasteiger partial charge in [0.05, 0.1) is 4.47 Å². The molecule has 0 saturated carbocycles. The first-order chi connectivity index (χ1) is 7.20. The highest BCUT2D eigenvalue weighted by Crippen LogP contribution is 2.30. The molecular weight excluding hydrogens is 261 g/mol. The average molecular weight is 270 g/mol. The van der Waals surface area contributed by atoms with Gasteiger partial charge in [-0.25, -0.2) is 4.39 Å². The van der Waals surface area contributed by atoms with E-state index >= 15 is 0 Å². The molecule has 0 aliphatic carbocycles. The number of hydrogen-bond donors (Lipinski definition) is 0. The summed E-state index contributed by atoms with van der Waals surface area (Å²) >= 11 is 3.21. The van der Waals surface area contributed by atoms with Crippen LogP contribution in [0, 0.1) is 17.1 Å². The van der Waals surface area contributed by atoms with Crippen molar-refractivity contribution in [2.75, 3.05) is 6.61 Å². The van der Waals surface area contributed by atoms with E-state index in [0.29, 0.717) is 11.1 Å². The van der Waals surface area contributed by atoms with E-state index in [2.05, 4.69) is 15.9 Å². The van der Waals surface area contributed by atoms with Crippen LogP contribution in [0.25, 0.3) is 0 Å². The molecule has 0 aliphatic rings. The van der Waals surface area contributed by atoms with Crippen molar-refractivity contribution >= 4 is 15.9 Å².